The molecular weight excluding hydrogens is 310 g/mol. The molecule has 1 amide bonds. The van der Waals surface area contributed by atoms with E-state index in [1.54, 1.807) is 6.08 Å². The zero-order valence-electron chi connectivity index (χ0n) is 14.0. The lowest BCUT2D eigenvalue weighted by molar-refractivity contribution is -0.119. The minimum Gasteiger partial charge on any atom is -0.490 e. The number of rotatable bonds is 5. The number of benzene rings is 1. The van der Waals surface area contributed by atoms with Crippen LogP contribution in [0.15, 0.2) is 23.8 Å². The standard InChI is InChI=1S/C18H23NO5/c1-3-22-15-6-4-5-13-9-14(10-24-16(13)15)17(20)19-11-18(21)7-8-23-12(18)2/h4-6,9,12,21H,3,7-8,10-11H2,1-2H3,(H,19,20)/t12-,18-/m0/s1. The highest BCUT2D eigenvalue weighted by atomic mass is 16.5. The van der Waals surface area contributed by atoms with E-state index < -0.39 is 5.60 Å². The van der Waals surface area contributed by atoms with Crippen molar-refractivity contribution in [1.82, 2.24) is 5.32 Å². The van der Waals surface area contributed by atoms with E-state index in [0.29, 0.717) is 36.7 Å². The predicted molar refractivity (Wildman–Crippen MR) is 89.1 cm³/mol. The van der Waals surface area contributed by atoms with Crippen molar-refractivity contribution in [2.24, 2.45) is 0 Å². The Labute approximate surface area is 141 Å². The van der Waals surface area contributed by atoms with Crippen LogP contribution in [0.25, 0.3) is 6.08 Å². The summed E-state index contributed by atoms with van der Waals surface area (Å²) < 4.78 is 16.6. The second-order valence-electron chi connectivity index (χ2n) is 6.12. The molecule has 2 aliphatic heterocycles. The Morgan fingerprint density at radius 2 is 2.33 bits per heavy atom. The largest absolute Gasteiger partial charge is 0.490 e. The van der Waals surface area contributed by atoms with Crippen molar-refractivity contribution in [3.63, 3.8) is 0 Å². The monoisotopic (exact) mass is 333 g/mol. The first-order valence-electron chi connectivity index (χ1n) is 8.25. The smallest absolute Gasteiger partial charge is 0.250 e. The average Bonchev–Trinajstić information content (AvgIpc) is 2.92. The summed E-state index contributed by atoms with van der Waals surface area (Å²) in [6, 6.07) is 5.59. The molecule has 3 rings (SSSR count). The summed E-state index contributed by atoms with van der Waals surface area (Å²) in [4.78, 5) is 12.4. The molecule has 2 N–H and O–H groups in total. The summed E-state index contributed by atoms with van der Waals surface area (Å²) in [5, 5.41) is 13.2. The lowest BCUT2D eigenvalue weighted by Crippen LogP contribution is -2.48. The van der Waals surface area contributed by atoms with Crippen molar-refractivity contribution in [2.75, 3.05) is 26.4 Å². The van der Waals surface area contributed by atoms with Gasteiger partial charge in [-0.25, -0.2) is 0 Å². The fourth-order valence-electron chi connectivity index (χ4n) is 2.93. The van der Waals surface area contributed by atoms with Crippen LogP contribution in [-0.4, -0.2) is 49.1 Å². The van der Waals surface area contributed by atoms with Gasteiger partial charge in [-0.1, -0.05) is 12.1 Å². The van der Waals surface area contributed by atoms with Crippen LogP contribution in [0.2, 0.25) is 0 Å². The summed E-state index contributed by atoms with van der Waals surface area (Å²) in [6.45, 7) is 5.12. The second kappa shape index (κ2) is 6.83. The molecular formula is C18H23NO5. The zero-order chi connectivity index (χ0) is 17.2. The number of carbonyl (C=O) groups is 1. The first-order valence-corrected chi connectivity index (χ1v) is 8.25. The molecule has 2 aliphatic rings. The molecule has 0 spiro atoms. The molecule has 0 aliphatic carbocycles. The summed E-state index contributed by atoms with van der Waals surface area (Å²) in [6.07, 6.45) is 2.03. The van der Waals surface area contributed by atoms with Crippen molar-refractivity contribution in [3.8, 4) is 11.5 Å². The van der Waals surface area contributed by atoms with Gasteiger partial charge in [0.15, 0.2) is 11.5 Å². The van der Waals surface area contributed by atoms with E-state index in [1.807, 2.05) is 32.0 Å². The Kier molecular flexibility index (Phi) is 4.78. The van der Waals surface area contributed by atoms with Gasteiger partial charge in [-0.2, -0.15) is 0 Å². The molecule has 0 aromatic heterocycles. The first-order chi connectivity index (χ1) is 11.5. The topological polar surface area (TPSA) is 77.0 Å². The second-order valence-corrected chi connectivity index (χ2v) is 6.12. The molecule has 2 atom stereocenters. The van der Waals surface area contributed by atoms with Crippen molar-refractivity contribution < 1.29 is 24.1 Å². The highest BCUT2D eigenvalue weighted by Crippen LogP contribution is 2.35. The predicted octanol–water partition coefficient (Wildman–Crippen LogP) is 1.52. The third-order valence-corrected chi connectivity index (χ3v) is 4.52. The van der Waals surface area contributed by atoms with Gasteiger partial charge in [0.25, 0.3) is 5.91 Å². The fraction of sp³-hybridized carbons (Fsp3) is 0.500. The molecule has 1 fully saturated rings. The van der Waals surface area contributed by atoms with Crippen LogP contribution >= 0.6 is 0 Å². The van der Waals surface area contributed by atoms with Crippen LogP contribution in [0.3, 0.4) is 0 Å². The van der Waals surface area contributed by atoms with Crippen LogP contribution in [0, 0.1) is 0 Å². The Morgan fingerprint density at radius 1 is 1.50 bits per heavy atom. The Hall–Kier alpha value is -2.05. The number of carbonyl (C=O) groups excluding carboxylic acids is 1. The normalized spacial score (nSPS) is 25.5. The maximum absolute atomic E-state index is 12.4. The quantitative estimate of drug-likeness (QED) is 0.854. The minimum atomic E-state index is -1.01. The number of amides is 1. The highest BCUT2D eigenvalue weighted by molar-refractivity contribution is 5.99. The van der Waals surface area contributed by atoms with E-state index in [1.165, 1.54) is 0 Å². The van der Waals surface area contributed by atoms with Gasteiger partial charge in [0.1, 0.15) is 12.2 Å². The summed E-state index contributed by atoms with van der Waals surface area (Å²) >= 11 is 0. The van der Waals surface area contributed by atoms with E-state index in [-0.39, 0.29) is 25.2 Å². The molecule has 0 saturated carbocycles. The Morgan fingerprint density at radius 3 is 3.04 bits per heavy atom. The molecule has 1 aromatic carbocycles. The van der Waals surface area contributed by atoms with E-state index in [2.05, 4.69) is 5.32 Å². The number of aliphatic hydroxyl groups is 1. The summed E-state index contributed by atoms with van der Waals surface area (Å²) in [7, 11) is 0. The SMILES string of the molecule is CCOc1cccc2c1OCC(C(=O)NC[C@@]1(O)CCO[C@H]1C)=C2. The van der Waals surface area contributed by atoms with Crippen LogP contribution in [0.5, 0.6) is 11.5 Å². The molecule has 1 aromatic rings. The van der Waals surface area contributed by atoms with E-state index in [0.717, 1.165) is 5.56 Å². The fourth-order valence-corrected chi connectivity index (χ4v) is 2.93. The number of para-hydroxylation sites is 1. The summed E-state index contributed by atoms with van der Waals surface area (Å²) in [5.74, 6) is 1.10. The molecule has 1 saturated heterocycles. The van der Waals surface area contributed by atoms with Gasteiger partial charge in [0.05, 0.1) is 18.3 Å². The summed E-state index contributed by atoms with van der Waals surface area (Å²) in [5.41, 5.74) is 0.325. The van der Waals surface area contributed by atoms with Crippen molar-refractivity contribution >= 4 is 12.0 Å². The van der Waals surface area contributed by atoms with Gasteiger partial charge in [0, 0.05) is 25.1 Å². The molecule has 6 heteroatoms. The van der Waals surface area contributed by atoms with Crippen molar-refractivity contribution in [1.29, 1.82) is 0 Å². The lowest BCUT2D eigenvalue weighted by atomic mass is 9.96. The van der Waals surface area contributed by atoms with Gasteiger partial charge < -0.3 is 24.6 Å². The molecule has 130 valence electrons. The lowest BCUT2D eigenvalue weighted by Gasteiger charge is -2.27. The van der Waals surface area contributed by atoms with Crippen LogP contribution in [0.1, 0.15) is 25.8 Å². The molecule has 6 nitrogen and oxygen atoms in total. The van der Waals surface area contributed by atoms with Crippen molar-refractivity contribution in [3.05, 3.63) is 29.3 Å². The molecule has 2 heterocycles. The van der Waals surface area contributed by atoms with Gasteiger partial charge in [-0.05, 0) is 26.0 Å². The van der Waals surface area contributed by atoms with Crippen molar-refractivity contribution in [2.45, 2.75) is 32.0 Å². The van der Waals surface area contributed by atoms with Crippen LogP contribution in [0.4, 0.5) is 0 Å². The molecule has 24 heavy (non-hydrogen) atoms. The Bertz CT molecular complexity index is 657. The minimum absolute atomic E-state index is 0.163. The number of hydrogen-bond acceptors (Lipinski definition) is 5. The van der Waals surface area contributed by atoms with E-state index in [4.69, 9.17) is 14.2 Å². The van der Waals surface area contributed by atoms with Gasteiger partial charge in [-0.15, -0.1) is 0 Å². The molecule has 0 radical (unpaired) electrons. The highest BCUT2D eigenvalue weighted by Gasteiger charge is 2.39. The number of hydrogen-bond donors (Lipinski definition) is 2. The number of fused-ring (bicyclic) bond motifs is 1. The van der Waals surface area contributed by atoms with E-state index in [9.17, 15) is 9.90 Å². The van der Waals surface area contributed by atoms with Gasteiger partial charge in [0.2, 0.25) is 0 Å². The molecule has 0 bridgehead atoms. The number of ether oxygens (including phenoxy) is 3. The van der Waals surface area contributed by atoms with Gasteiger partial charge in [-0.3, -0.25) is 4.79 Å². The van der Waals surface area contributed by atoms with Crippen LogP contribution < -0.4 is 14.8 Å². The number of nitrogens with one attached hydrogen (secondary N) is 1. The third-order valence-electron chi connectivity index (χ3n) is 4.52. The third kappa shape index (κ3) is 3.25. The Balaban J connectivity index is 1.69. The van der Waals surface area contributed by atoms with Crippen LogP contribution in [-0.2, 0) is 9.53 Å². The average molecular weight is 333 g/mol. The maximum Gasteiger partial charge on any atom is 0.250 e. The maximum atomic E-state index is 12.4. The zero-order valence-corrected chi connectivity index (χ0v) is 14.0. The first kappa shape index (κ1) is 16.8. The molecule has 0 unspecified atom stereocenters. The van der Waals surface area contributed by atoms with E-state index >= 15 is 0 Å². The van der Waals surface area contributed by atoms with Gasteiger partial charge >= 0.3 is 0 Å².